The number of hydrogen-bond acceptors (Lipinski definition) is 6. The lowest BCUT2D eigenvalue weighted by molar-refractivity contribution is -0.274. The zero-order valence-electron chi connectivity index (χ0n) is 13.1. The van der Waals surface area contributed by atoms with Crippen molar-refractivity contribution in [3.8, 4) is 23.0 Å². The Morgan fingerprint density at radius 3 is 2.27 bits per heavy atom. The van der Waals surface area contributed by atoms with Crippen LogP contribution in [-0.2, 0) is 6.61 Å². The van der Waals surface area contributed by atoms with Crippen molar-refractivity contribution >= 4 is 6.29 Å². The van der Waals surface area contributed by atoms with Crippen molar-refractivity contribution in [2.75, 3.05) is 0 Å². The molecule has 3 aromatic rings. The number of carbonyl (C=O) groups excluding carboxylic acids is 1. The molecule has 0 fully saturated rings. The summed E-state index contributed by atoms with van der Waals surface area (Å²) >= 11 is 0. The molecule has 0 N–H and O–H groups in total. The summed E-state index contributed by atoms with van der Waals surface area (Å²) in [4.78, 5) is 14.7. The maximum Gasteiger partial charge on any atom is 0.573 e. The van der Waals surface area contributed by atoms with Crippen LogP contribution in [0.4, 0.5) is 13.2 Å². The maximum absolute atomic E-state index is 12.1. The molecule has 0 atom stereocenters. The van der Waals surface area contributed by atoms with Crippen LogP contribution in [0.5, 0.6) is 11.5 Å². The predicted octanol–water partition coefficient (Wildman–Crippen LogP) is 4.03. The first-order valence-electron chi connectivity index (χ1n) is 7.30. The zero-order chi connectivity index (χ0) is 18.6. The van der Waals surface area contributed by atoms with E-state index in [1.54, 1.807) is 24.3 Å². The highest BCUT2D eigenvalue weighted by atomic mass is 19.4. The third-order valence-electron chi connectivity index (χ3n) is 3.19. The zero-order valence-corrected chi connectivity index (χ0v) is 13.1. The van der Waals surface area contributed by atoms with E-state index in [9.17, 15) is 18.0 Å². The van der Waals surface area contributed by atoms with E-state index in [0.29, 0.717) is 16.9 Å². The highest BCUT2D eigenvalue weighted by Gasteiger charge is 2.31. The van der Waals surface area contributed by atoms with Crippen LogP contribution in [0.15, 0.2) is 53.1 Å². The second-order valence-electron chi connectivity index (χ2n) is 5.06. The van der Waals surface area contributed by atoms with E-state index in [-0.39, 0.29) is 24.1 Å². The third kappa shape index (κ3) is 4.59. The highest BCUT2D eigenvalue weighted by molar-refractivity contribution is 5.74. The molecule has 0 spiro atoms. The molecule has 26 heavy (non-hydrogen) atoms. The molecule has 0 aliphatic heterocycles. The Kier molecular flexibility index (Phi) is 4.87. The molecular weight excluding hydrogens is 353 g/mol. The van der Waals surface area contributed by atoms with Gasteiger partial charge in [-0.1, -0.05) is 5.16 Å². The van der Waals surface area contributed by atoms with Gasteiger partial charge in [0, 0.05) is 11.1 Å². The summed E-state index contributed by atoms with van der Waals surface area (Å²) in [5.74, 6) is 0.576. The first-order chi connectivity index (χ1) is 12.4. The maximum atomic E-state index is 12.1. The van der Waals surface area contributed by atoms with Crippen LogP contribution in [0.25, 0.3) is 11.5 Å². The SMILES string of the molecule is O=Cc1ccc(OCc2noc(-c3ccc(OC(F)(F)F)cc3)n2)cc1. The Balaban J connectivity index is 1.62. The van der Waals surface area contributed by atoms with Crippen LogP contribution in [-0.4, -0.2) is 22.8 Å². The van der Waals surface area contributed by atoms with Gasteiger partial charge >= 0.3 is 6.36 Å². The van der Waals surface area contributed by atoms with Gasteiger partial charge in [0.25, 0.3) is 5.89 Å². The summed E-state index contributed by atoms with van der Waals surface area (Å²) in [5, 5.41) is 3.74. The predicted molar refractivity (Wildman–Crippen MR) is 82.6 cm³/mol. The molecule has 134 valence electrons. The fourth-order valence-electron chi connectivity index (χ4n) is 2.02. The molecule has 1 heterocycles. The van der Waals surface area contributed by atoms with E-state index >= 15 is 0 Å². The summed E-state index contributed by atoms with van der Waals surface area (Å²) in [6.45, 7) is 0.0270. The summed E-state index contributed by atoms with van der Waals surface area (Å²) in [7, 11) is 0. The van der Waals surface area contributed by atoms with E-state index in [1.807, 2.05) is 0 Å². The second-order valence-corrected chi connectivity index (χ2v) is 5.06. The minimum Gasteiger partial charge on any atom is -0.485 e. The van der Waals surface area contributed by atoms with Gasteiger partial charge in [0.2, 0.25) is 5.82 Å². The van der Waals surface area contributed by atoms with Crippen molar-refractivity contribution in [1.29, 1.82) is 0 Å². The number of alkyl halides is 3. The van der Waals surface area contributed by atoms with E-state index < -0.39 is 6.36 Å². The minimum atomic E-state index is -4.75. The monoisotopic (exact) mass is 364 g/mol. The Hall–Kier alpha value is -3.36. The Bertz CT molecular complexity index is 874. The van der Waals surface area contributed by atoms with Crippen molar-refractivity contribution in [1.82, 2.24) is 10.1 Å². The fourth-order valence-corrected chi connectivity index (χ4v) is 2.02. The molecule has 0 bridgehead atoms. The minimum absolute atomic E-state index is 0.0270. The number of nitrogens with zero attached hydrogens (tertiary/aromatic N) is 2. The third-order valence-corrected chi connectivity index (χ3v) is 3.19. The number of hydrogen-bond donors (Lipinski definition) is 0. The van der Waals surface area contributed by atoms with Gasteiger partial charge in [-0.3, -0.25) is 4.79 Å². The van der Waals surface area contributed by atoms with Crippen molar-refractivity contribution in [3.63, 3.8) is 0 Å². The summed E-state index contributed by atoms with van der Waals surface area (Å²) in [6.07, 6.45) is -4.03. The average molecular weight is 364 g/mol. The number of ether oxygens (including phenoxy) is 2. The van der Waals surface area contributed by atoms with Crippen LogP contribution < -0.4 is 9.47 Å². The molecule has 0 radical (unpaired) electrons. The quantitative estimate of drug-likeness (QED) is 0.615. The van der Waals surface area contributed by atoms with Crippen LogP contribution in [0.3, 0.4) is 0 Å². The average Bonchev–Trinajstić information content (AvgIpc) is 3.09. The summed E-state index contributed by atoms with van der Waals surface area (Å²) in [6, 6.07) is 11.5. The van der Waals surface area contributed by atoms with Crippen LogP contribution >= 0.6 is 0 Å². The van der Waals surface area contributed by atoms with Crippen LogP contribution in [0.2, 0.25) is 0 Å². The highest BCUT2D eigenvalue weighted by Crippen LogP contribution is 2.26. The van der Waals surface area contributed by atoms with Crippen molar-refractivity contribution in [2.24, 2.45) is 0 Å². The van der Waals surface area contributed by atoms with E-state index in [2.05, 4.69) is 14.9 Å². The molecule has 0 amide bonds. The molecule has 6 nitrogen and oxygen atoms in total. The number of aldehydes is 1. The van der Waals surface area contributed by atoms with Gasteiger partial charge in [-0.25, -0.2) is 0 Å². The largest absolute Gasteiger partial charge is 0.573 e. The van der Waals surface area contributed by atoms with Gasteiger partial charge in [0.05, 0.1) is 0 Å². The van der Waals surface area contributed by atoms with Gasteiger partial charge in [-0.2, -0.15) is 4.98 Å². The fraction of sp³-hybridized carbons (Fsp3) is 0.118. The number of carbonyl (C=O) groups is 1. The second kappa shape index (κ2) is 7.26. The molecule has 0 saturated heterocycles. The number of benzene rings is 2. The van der Waals surface area contributed by atoms with E-state index in [0.717, 1.165) is 18.4 Å². The molecule has 0 aliphatic carbocycles. The van der Waals surface area contributed by atoms with Crippen molar-refractivity contribution in [3.05, 3.63) is 59.9 Å². The lowest BCUT2D eigenvalue weighted by Gasteiger charge is -2.08. The van der Waals surface area contributed by atoms with Gasteiger partial charge in [0.1, 0.15) is 17.8 Å². The van der Waals surface area contributed by atoms with Crippen LogP contribution in [0, 0.1) is 0 Å². The number of rotatable bonds is 6. The Morgan fingerprint density at radius 2 is 1.65 bits per heavy atom. The molecule has 3 rings (SSSR count). The normalized spacial score (nSPS) is 11.2. The van der Waals surface area contributed by atoms with Crippen molar-refractivity contribution < 1.29 is 32.0 Å². The molecule has 9 heteroatoms. The van der Waals surface area contributed by atoms with Crippen molar-refractivity contribution in [2.45, 2.75) is 13.0 Å². The molecule has 2 aromatic carbocycles. The molecule has 1 aromatic heterocycles. The standard InChI is InChI=1S/C17H11F3N2O4/c18-17(19,20)25-14-7-3-12(4-8-14)16-21-15(22-26-16)10-24-13-5-1-11(9-23)2-6-13/h1-9H,10H2. The van der Waals surface area contributed by atoms with Gasteiger partial charge in [-0.05, 0) is 48.5 Å². The van der Waals surface area contributed by atoms with E-state index in [4.69, 9.17) is 9.26 Å². The number of aromatic nitrogens is 2. The van der Waals surface area contributed by atoms with Gasteiger partial charge < -0.3 is 14.0 Å². The van der Waals surface area contributed by atoms with Gasteiger partial charge in [0.15, 0.2) is 6.61 Å². The molecule has 0 aliphatic rings. The summed E-state index contributed by atoms with van der Waals surface area (Å²) < 4.78 is 50.8. The lowest BCUT2D eigenvalue weighted by atomic mass is 10.2. The topological polar surface area (TPSA) is 74.5 Å². The summed E-state index contributed by atoms with van der Waals surface area (Å²) in [5.41, 5.74) is 0.964. The molecule has 0 saturated carbocycles. The first-order valence-corrected chi connectivity index (χ1v) is 7.30. The number of halogens is 3. The van der Waals surface area contributed by atoms with Crippen LogP contribution in [0.1, 0.15) is 16.2 Å². The first kappa shape index (κ1) is 17.5. The Morgan fingerprint density at radius 1 is 1.00 bits per heavy atom. The molecular formula is C17H11F3N2O4. The van der Waals surface area contributed by atoms with Gasteiger partial charge in [-0.15, -0.1) is 13.2 Å². The Labute approximate surface area is 145 Å². The van der Waals surface area contributed by atoms with E-state index in [1.165, 1.54) is 12.1 Å². The smallest absolute Gasteiger partial charge is 0.485 e. The lowest BCUT2D eigenvalue weighted by Crippen LogP contribution is -2.16. The molecule has 0 unspecified atom stereocenters.